The zero-order chi connectivity index (χ0) is 13.1. The molecular weight excluding hydrogens is 208 g/mol. The minimum Gasteiger partial charge on any atom is -0.393 e. The Morgan fingerprint density at radius 3 is 1.47 bits per heavy atom. The second-order valence-corrected chi connectivity index (χ2v) is 6.16. The van der Waals surface area contributed by atoms with Gasteiger partial charge >= 0.3 is 0 Å². The van der Waals surface area contributed by atoms with Crippen LogP contribution in [-0.2, 0) is 0 Å². The Labute approximate surface area is 109 Å². The van der Waals surface area contributed by atoms with Crippen LogP contribution in [0.25, 0.3) is 0 Å². The van der Waals surface area contributed by atoms with Crippen molar-refractivity contribution in [3.05, 3.63) is 0 Å². The van der Waals surface area contributed by atoms with Crippen molar-refractivity contribution < 1.29 is 5.11 Å². The van der Waals surface area contributed by atoms with E-state index >= 15 is 0 Å². The van der Waals surface area contributed by atoms with Crippen LogP contribution in [0.15, 0.2) is 0 Å². The van der Waals surface area contributed by atoms with Crippen molar-refractivity contribution in [2.45, 2.75) is 91.6 Å². The van der Waals surface area contributed by atoms with Crippen LogP contribution in [0.4, 0.5) is 0 Å². The molecule has 0 aliphatic heterocycles. The summed E-state index contributed by atoms with van der Waals surface area (Å²) in [5, 5.41) is 9.37. The summed E-state index contributed by atoms with van der Waals surface area (Å²) in [7, 11) is 0. The lowest BCUT2D eigenvalue weighted by Gasteiger charge is -2.13. The topological polar surface area (TPSA) is 20.2 Å². The molecule has 0 aliphatic rings. The van der Waals surface area contributed by atoms with Gasteiger partial charge in [0, 0.05) is 0 Å². The third kappa shape index (κ3) is 12.2. The van der Waals surface area contributed by atoms with Crippen LogP contribution in [0, 0.1) is 11.8 Å². The molecule has 0 heterocycles. The molecule has 0 fully saturated rings. The van der Waals surface area contributed by atoms with Crippen LogP contribution in [0.3, 0.4) is 0 Å². The van der Waals surface area contributed by atoms with Gasteiger partial charge in [0.05, 0.1) is 6.10 Å². The molecule has 0 amide bonds. The van der Waals surface area contributed by atoms with Gasteiger partial charge in [0.15, 0.2) is 0 Å². The van der Waals surface area contributed by atoms with Gasteiger partial charge in [-0.3, -0.25) is 0 Å². The van der Waals surface area contributed by atoms with Crippen LogP contribution >= 0.6 is 0 Å². The van der Waals surface area contributed by atoms with Crippen molar-refractivity contribution in [3.63, 3.8) is 0 Å². The molecule has 104 valence electrons. The highest BCUT2D eigenvalue weighted by Gasteiger charge is 2.07. The quantitative estimate of drug-likeness (QED) is 0.496. The summed E-state index contributed by atoms with van der Waals surface area (Å²) in [6.07, 6.45) is 12.1. The molecule has 0 aromatic carbocycles. The molecule has 0 aromatic rings. The van der Waals surface area contributed by atoms with Gasteiger partial charge in [0.1, 0.15) is 0 Å². The van der Waals surface area contributed by atoms with E-state index in [1.807, 2.05) is 6.92 Å². The SMILES string of the molecule is CC(C)CCCCCCCCCC(C)C(C)O. The Balaban J connectivity index is 3.09. The molecular formula is C16H34O. The molecule has 1 nitrogen and oxygen atoms in total. The molecule has 1 N–H and O–H groups in total. The average molecular weight is 242 g/mol. The molecule has 0 spiro atoms. The van der Waals surface area contributed by atoms with E-state index in [2.05, 4.69) is 20.8 Å². The van der Waals surface area contributed by atoms with Gasteiger partial charge in [-0.05, 0) is 25.2 Å². The molecule has 1 heteroatoms. The number of rotatable bonds is 11. The van der Waals surface area contributed by atoms with Crippen LogP contribution in [0.1, 0.15) is 85.5 Å². The highest BCUT2D eigenvalue weighted by molar-refractivity contribution is 4.59. The van der Waals surface area contributed by atoms with Gasteiger partial charge in [-0.1, -0.05) is 72.1 Å². The van der Waals surface area contributed by atoms with E-state index in [0.29, 0.717) is 5.92 Å². The first kappa shape index (κ1) is 17.0. The van der Waals surface area contributed by atoms with E-state index in [4.69, 9.17) is 0 Å². The zero-order valence-corrected chi connectivity index (χ0v) is 12.5. The first-order valence-electron chi connectivity index (χ1n) is 7.72. The maximum Gasteiger partial charge on any atom is 0.0537 e. The lowest BCUT2D eigenvalue weighted by atomic mass is 9.97. The van der Waals surface area contributed by atoms with Crippen molar-refractivity contribution in [1.29, 1.82) is 0 Å². The van der Waals surface area contributed by atoms with Gasteiger partial charge < -0.3 is 5.11 Å². The van der Waals surface area contributed by atoms with E-state index in [0.717, 1.165) is 5.92 Å². The Bertz CT molecular complexity index is 152. The fourth-order valence-corrected chi connectivity index (χ4v) is 2.14. The van der Waals surface area contributed by atoms with Crippen LogP contribution in [-0.4, -0.2) is 11.2 Å². The standard InChI is InChI=1S/C16H34O/c1-14(2)12-10-8-6-5-7-9-11-13-15(3)16(4)17/h14-17H,5-13H2,1-4H3. The summed E-state index contributed by atoms with van der Waals surface area (Å²) >= 11 is 0. The number of aliphatic hydroxyl groups is 1. The van der Waals surface area contributed by atoms with E-state index in [9.17, 15) is 5.11 Å². The van der Waals surface area contributed by atoms with Gasteiger partial charge in [0.25, 0.3) is 0 Å². The lowest BCUT2D eigenvalue weighted by molar-refractivity contribution is 0.128. The Kier molecular flexibility index (Phi) is 11.0. The van der Waals surface area contributed by atoms with Crippen molar-refractivity contribution in [1.82, 2.24) is 0 Å². The molecule has 0 rings (SSSR count). The number of aliphatic hydroxyl groups excluding tert-OH is 1. The van der Waals surface area contributed by atoms with Crippen molar-refractivity contribution in [2.24, 2.45) is 11.8 Å². The Morgan fingerprint density at radius 2 is 1.06 bits per heavy atom. The molecule has 0 aromatic heterocycles. The second kappa shape index (κ2) is 11.1. The third-order valence-electron chi connectivity index (χ3n) is 3.76. The summed E-state index contributed by atoms with van der Waals surface area (Å²) in [5.41, 5.74) is 0. The van der Waals surface area contributed by atoms with E-state index in [1.165, 1.54) is 57.8 Å². The van der Waals surface area contributed by atoms with Gasteiger partial charge in [-0.25, -0.2) is 0 Å². The van der Waals surface area contributed by atoms with Crippen LogP contribution < -0.4 is 0 Å². The Hall–Kier alpha value is -0.0400. The molecule has 0 bridgehead atoms. The molecule has 2 atom stereocenters. The average Bonchev–Trinajstić information content (AvgIpc) is 2.25. The monoisotopic (exact) mass is 242 g/mol. The Morgan fingerprint density at radius 1 is 0.647 bits per heavy atom. The largest absolute Gasteiger partial charge is 0.393 e. The fraction of sp³-hybridized carbons (Fsp3) is 1.00. The van der Waals surface area contributed by atoms with E-state index in [1.54, 1.807) is 0 Å². The van der Waals surface area contributed by atoms with E-state index < -0.39 is 0 Å². The lowest BCUT2D eigenvalue weighted by Crippen LogP contribution is -2.12. The highest BCUT2D eigenvalue weighted by atomic mass is 16.3. The number of unbranched alkanes of at least 4 members (excludes halogenated alkanes) is 6. The summed E-state index contributed by atoms with van der Waals surface area (Å²) in [6, 6.07) is 0. The molecule has 0 saturated heterocycles. The number of hydrogen-bond acceptors (Lipinski definition) is 1. The zero-order valence-electron chi connectivity index (χ0n) is 12.5. The fourth-order valence-electron chi connectivity index (χ4n) is 2.14. The van der Waals surface area contributed by atoms with Gasteiger partial charge in [0.2, 0.25) is 0 Å². The van der Waals surface area contributed by atoms with Gasteiger partial charge in [-0.2, -0.15) is 0 Å². The normalized spacial score (nSPS) is 15.2. The van der Waals surface area contributed by atoms with Crippen LogP contribution in [0.2, 0.25) is 0 Å². The molecule has 0 saturated carbocycles. The molecule has 0 radical (unpaired) electrons. The minimum absolute atomic E-state index is 0.133. The van der Waals surface area contributed by atoms with Crippen molar-refractivity contribution >= 4 is 0 Å². The first-order chi connectivity index (χ1) is 8.04. The third-order valence-corrected chi connectivity index (χ3v) is 3.76. The molecule has 0 aliphatic carbocycles. The number of hydrogen-bond donors (Lipinski definition) is 1. The van der Waals surface area contributed by atoms with Crippen molar-refractivity contribution in [3.8, 4) is 0 Å². The molecule has 17 heavy (non-hydrogen) atoms. The second-order valence-electron chi connectivity index (χ2n) is 6.16. The summed E-state index contributed by atoms with van der Waals surface area (Å²) < 4.78 is 0. The first-order valence-corrected chi connectivity index (χ1v) is 7.72. The van der Waals surface area contributed by atoms with Gasteiger partial charge in [-0.15, -0.1) is 0 Å². The predicted molar refractivity (Wildman–Crippen MR) is 77.2 cm³/mol. The van der Waals surface area contributed by atoms with Crippen molar-refractivity contribution in [2.75, 3.05) is 0 Å². The summed E-state index contributed by atoms with van der Waals surface area (Å²) in [5.74, 6) is 1.35. The minimum atomic E-state index is -0.133. The maximum atomic E-state index is 9.37. The maximum absolute atomic E-state index is 9.37. The van der Waals surface area contributed by atoms with E-state index in [-0.39, 0.29) is 6.10 Å². The molecule has 2 unspecified atom stereocenters. The summed E-state index contributed by atoms with van der Waals surface area (Å²) in [6.45, 7) is 8.67. The van der Waals surface area contributed by atoms with Crippen LogP contribution in [0.5, 0.6) is 0 Å². The summed E-state index contributed by atoms with van der Waals surface area (Å²) in [4.78, 5) is 0. The smallest absolute Gasteiger partial charge is 0.0537 e. The predicted octanol–water partition coefficient (Wildman–Crippen LogP) is 5.17. The highest BCUT2D eigenvalue weighted by Crippen LogP contribution is 2.15.